The first kappa shape index (κ1) is 45.4. The third-order valence-electron chi connectivity index (χ3n) is 8.86. The maximum Gasteiger partial charge on any atom is 0.339 e. The summed E-state index contributed by atoms with van der Waals surface area (Å²) in [5, 5.41) is 0. The minimum Gasteiger partial charge on any atom is -0.466 e. The lowest BCUT2D eigenvalue weighted by atomic mass is 9.94. The molecule has 0 aliphatic heterocycles. The van der Waals surface area contributed by atoms with Crippen molar-refractivity contribution < 1.29 is 33.3 Å². The Balaban J connectivity index is 5.07. The van der Waals surface area contributed by atoms with E-state index in [1.807, 2.05) is 0 Å². The fourth-order valence-corrected chi connectivity index (χ4v) is 5.76. The van der Waals surface area contributed by atoms with Gasteiger partial charge < -0.3 is 18.9 Å². The molecule has 0 bridgehead atoms. The molecule has 0 N–H and O–H groups in total. The summed E-state index contributed by atoms with van der Waals surface area (Å²) in [7, 11) is 0. The van der Waals surface area contributed by atoms with E-state index in [4.69, 9.17) is 18.9 Å². The first-order valence-corrected chi connectivity index (χ1v) is 20.1. The zero-order chi connectivity index (χ0) is 34.7. The molecule has 0 amide bonds. The number of carbonyl (C=O) groups excluding carboxylic acids is 3. The second-order valence-corrected chi connectivity index (χ2v) is 13.6. The summed E-state index contributed by atoms with van der Waals surface area (Å²) in [5.74, 6) is -1.74. The number of rotatable bonds is 36. The molecule has 7 heteroatoms. The maximum absolute atomic E-state index is 13.6. The van der Waals surface area contributed by atoms with E-state index in [0.717, 1.165) is 96.3 Å². The van der Waals surface area contributed by atoms with Gasteiger partial charge >= 0.3 is 17.9 Å². The fraction of sp³-hybridized carbons (Fsp3) is 0.925. The highest BCUT2D eigenvalue weighted by atomic mass is 16.6. The average Bonchev–Trinajstić information content (AvgIpc) is 3.06. The van der Waals surface area contributed by atoms with Crippen molar-refractivity contribution >= 4 is 17.9 Å². The van der Waals surface area contributed by atoms with E-state index in [1.165, 1.54) is 70.6 Å². The van der Waals surface area contributed by atoms with Crippen LogP contribution in [-0.4, -0.2) is 49.9 Å². The summed E-state index contributed by atoms with van der Waals surface area (Å²) < 4.78 is 22.9. The summed E-state index contributed by atoms with van der Waals surface area (Å²) in [6.45, 7) is 9.75. The topological polar surface area (TPSA) is 88.1 Å². The van der Waals surface area contributed by atoms with Crippen molar-refractivity contribution in [1.29, 1.82) is 0 Å². The molecular formula is C40H76O7. The zero-order valence-electron chi connectivity index (χ0n) is 31.5. The van der Waals surface area contributed by atoms with Crippen LogP contribution in [0.1, 0.15) is 207 Å². The number of hydrogen-bond acceptors (Lipinski definition) is 7. The zero-order valence-corrected chi connectivity index (χ0v) is 31.5. The van der Waals surface area contributed by atoms with Gasteiger partial charge in [0.1, 0.15) is 0 Å². The number of unbranched alkanes of at least 4 members (excludes halogenated alkanes) is 22. The predicted octanol–water partition coefficient (Wildman–Crippen LogP) is 11.4. The molecule has 0 unspecified atom stereocenters. The maximum atomic E-state index is 13.6. The number of carbonyl (C=O) groups is 3. The Bertz CT molecular complexity index is 695. The lowest BCUT2D eigenvalue weighted by molar-refractivity contribution is -0.186. The van der Waals surface area contributed by atoms with Gasteiger partial charge in [0.25, 0.3) is 0 Å². The minimum absolute atomic E-state index is 0.237. The summed E-state index contributed by atoms with van der Waals surface area (Å²) in [6, 6.07) is 0. The molecule has 0 aromatic carbocycles. The van der Waals surface area contributed by atoms with Gasteiger partial charge in [0.15, 0.2) is 5.60 Å². The van der Waals surface area contributed by atoms with Gasteiger partial charge in [0, 0.05) is 6.61 Å². The molecule has 0 fully saturated rings. The summed E-state index contributed by atoms with van der Waals surface area (Å²) in [4.78, 5) is 39.7. The fourth-order valence-electron chi connectivity index (χ4n) is 5.76. The van der Waals surface area contributed by atoms with Gasteiger partial charge in [-0.15, -0.1) is 0 Å². The van der Waals surface area contributed by atoms with E-state index in [2.05, 4.69) is 27.7 Å². The van der Waals surface area contributed by atoms with Gasteiger partial charge in [-0.1, -0.05) is 169 Å². The van der Waals surface area contributed by atoms with E-state index in [9.17, 15) is 14.4 Å². The Labute approximate surface area is 290 Å². The number of ether oxygens (including phenoxy) is 4. The standard InChI is InChI=1S/C40H76O7/c1-5-9-13-17-18-19-20-21-22-23-24-25-26-30-34-47-40(39(43)46-33-29-16-12-8-4,35-37(41)44-31-27-14-10-6-2)36-38(42)45-32-28-15-11-7-3/h5-36H2,1-4H3. The molecule has 0 aromatic rings. The second kappa shape index (κ2) is 34.2. The van der Waals surface area contributed by atoms with Gasteiger partial charge in [0.05, 0.1) is 32.7 Å². The highest BCUT2D eigenvalue weighted by Crippen LogP contribution is 2.27. The molecule has 0 heterocycles. The number of hydrogen-bond donors (Lipinski definition) is 0. The van der Waals surface area contributed by atoms with Crippen molar-refractivity contribution in [3.05, 3.63) is 0 Å². The second-order valence-electron chi connectivity index (χ2n) is 13.6. The number of esters is 3. The van der Waals surface area contributed by atoms with Crippen LogP contribution < -0.4 is 0 Å². The first-order chi connectivity index (χ1) is 23.0. The van der Waals surface area contributed by atoms with Crippen molar-refractivity contribution in [2.45, 2.75) is 213 Å². The van der Waals surface area contributed by atoms with Crippen LogP contribution in [0.25, 0.3) is 0 Å². The van der Waals surface area contributed by atoms with Crippen molar-refractivity contribution in [1.82, 2.24) is 0 Å². The van der Waals surface area contributed by atoms with Gasteiger partial charge in [-0.25, -0.2) is 4.79 Å². The quantitative estimate of drug-likeness (QED) is 0.0373. The Morgan fingerprint density at radius 2 is 0.638 bits per heavy atom. The van der Waals surface area contributed by atoms with Crippen molar-refractivity contribution in [2.75, 3.05) is 26.4 Å². The minimum atomic E-state index is -1.73. The predicted molar refractivity (Wildman–Crippen MR) is 194 cm³/mol. The van der Waals surface area contributed by atoms with Crippen molar-refractivity contribution in [3.63, 3.8) is 0 Å². The lowest BCUT2D eigenvalue weighted by Gasteiger charge is -2.30. The van der Waals surface area contributed by atoms with Crippen LogP contribution in [0.2, 0.25) is 0 Å². The Morgan fingerprint density at radius 1 is 0.362 bits per heavy atom. The van der Waals surface area contributed by atoms with Crippen LogP contribution >= 0.6 is 0 Å². The normalized spacial score (nSPS) is 11.5. The van der Waals surface area contributed by atoms with Crippen LogP contribution in [0.3, 0.4) is 0 Å². The van der Waals surface area contributed by atoms with Crippen LogP contribution in [0.4, 0.5) is 0 Å². The van der Waals surface area contributed by atoms with Crippen molar-refractivity contribution in [2.24, 2.45) is 0 Å². The smallest absolute Gasteiger partial charge is 0.339 e. The first-order valence-electron chi connectivity index (χ1n) is 20.1. The molecule has 0 aliphatic carbocycles. The van der Waals surface area contributed by atoms with E-state index in [0.29, 0.717) is 13.2 Å². The molecular weight excluding hydrogens is 592 g/mol. The molecule has 0 aromatic heterocycles. The van der Waals surface area contributed by atoms with E-state index >= 15 is 0 Å². The van der Waals surface area contributed by atoms with Gasteiger partial charge in [-0.3, -0.25) is 9.59 Å². The molecule has 0 rings (SSSR count). The highest BCUT2D eigenvalue weighted by Gasteiger charge is 2.46. The van der Waals surface area contributed by atoms with Crippen molar-refractivity contribution in [3.8, 4) is 0 Å². The molecule has 0 atom stereocenters. The molecule has 278 valence electrons. The van der Waals surface area contributed by atoms with E-state index in [1.54, 1.807) is 0 Å². The highest BCUT2D eigenvalue weighted by molar-refractivity contribution is 5.90. The monoisotopic (exact) mass is 669 g/mol. The molecule has 0 saturated heterocycles. The van der Waals surface area contributed by atoms with Crippen LogP contribution in [0.5, 0.6) is 0 Å². The Morgan fingerprint density at radius 3 is 1.00 bits per heavy atom. The Kier molecular flexibility index (Phi) is 33.1. The van der Waals surface area contributed by atoms with Crippen LogP contribution in [0, 0.1) is 0 Å². The van der Waals surface area contributed by atoms with Gasteiger partial charge in [-0.2, -0.15) is 0 Å². The third kappa shape index (κ3) is 28.0. The molecule has 0 spiro atoms. The molecule has 47 heavy (non-hydrogen) atoms. The largest absolute Gasteiger partial charge is 0.466 e. The Hall–Kier alpha value is -1.63. The third-order valence-corrected chi connectivity index (χ3v) is 8.86. The molecule has 7 nitrogen and oxygen atoms in total. The summed E-state index contributed by atoms with van der Waals surface area (Å²) >= 11 is 0. The van der Waals surface area contributed by atoms with Crippen LogP contribution in [0.15, 0.2) is 0 Å². The SMILES string of the molecule is CCCCCCCCCCCCCCCCOC(CC(=O)OCCCCCC)(CC(=O)OCCCCCC)C(=O)OCCCCCC. The molecule has 0 saturated carbocycles. The summed E-state index contributed by atoms with van der Waals surface area (Å²) in [6.07, 6.45) is 28.4. The van der Waals surface area contributed by atoms with E-state index < -0.39 is 23.5 Å². The molecule has 0 aliphatic rings. The molecule has 0 radical (unpaired) electrons. The van der Waals surface area contributed by atoms with E-state index in [-0.39, 0.29) is 26.1 Å². The van der Waals surface area contributed by atoms with Gasteiger partial charge in [0.2, 0.25) is 0 Å². The average molecular weight is 669 g/mol. The summed E-state index contributed by atoms with van der Waals surface area (Å²) in [5.41, 5.74) is -1.73. The van der Waals surface area contributed by atoms with Gasteiger partial charge in [-0.05, 0) is 25.7 Å². The lowest BCUT2D eigenvalue weighted by Crippen LogP contribution is -2.47. The van der Waals surface area contributed by atoms with Crippen LogP contribution in [-0.2, 0) is 33.3 Å².